The van der Waals surface area contributed by atoms with Gasteiger partial charge >= 0.3 is 5.92 Å². The lowest BCUT2D eigenvalue weighted by Crippen LogP contribution is -2.24. The van der Waals surface area contributed by atoms with E-state index in [1.807, 2.05) is 0 Å². The number of alkyl halides is 2. The first-order valence-electron chi connectivity index (χ1n) is 3.46. The molecule has 0 aliphatic heterocycles. The first-order chi connectivity index (χ1) is 5.93. The lowest BCUT2D eigenvalue weighted by atomic mass is 10.1. The van der Waals surface area contributed by atoms with Gasteiger partial charge in [0.2, 0.25) is 5.78 Å². The predicted octanol–water partition coefficient (Wildman–Crippen LogP) is 2.57. The van der Waals surface area contributed by atoms with E-state index in [2.05, 4.69) is 4.98 Å². The zero-order valence-electron chi connectivity index (χ0n) is 6.72. The van der Waals surface area contributed by atoms with Gasteiger partial charge in [-0.2, -0.15) is 8.78 Å². The number of aromatic nitrogens is 1. The minimum Gasteiger partial charge on any atom is -0.287 e. The lowest BCUT2D eigenvalue weighted by Gasteiger charge is -2.08. The Labute approximate surface area is 78.5 Å². The smallest absolute Gasteiger partial charge is 0.287 e. The summed E-state index contributed by atoms with van der Waals surface area (Å²) in [5, 5.41) is -0.200. The molecule has 70 valence electrons. The maximum Gasteiger partial charge on any atom is 0.307 e. The van der Waals surface area contributed by atoms with Gasteiger partial charge in [-0.3, -0.25) is 4.79 Å². The molecular formula is C8H6ClF2NO. The van der Waals surface area contributed by atoms with E-state index < -0.39 is 11.7 Å². The standard InChI is InChI=1S/C8H6ClF2NO/c1-8(10,11)6(13)5-3-2-4-12-7(5)9/h2-4H,1H3. The molecule has 0 radical (unpaired) electrons. The Balaban J connectivity index is 3.10. The number of pyridine rings is 1. The summed E-state index contributed by atoms with van der Waals surface area (Å²) >= 11 is 5.46. The predicted molar refractivity (Wildman–Crippen MR) is 44.2 cm³/mol. The van der Waals surface area contributed by atoms with Crippen molar-refractivity contribution in [3.63, 3.8) is 0 Å². The fourth-order valence-electron chi connectivity index (χ4n) is 0.792. The number of ketones is 1. The Morgan fingerprint density at radius 2 is 2.23 bits per heavy atom. The van der Waals surface area contributed by atoms with Crippen LogP contribution in [0.5, 0.6) is 0 Å². The number of halogens is 3. The first-order valence-corrected chi connectivity index (χ1v) is 3.84. The lowest BCUT2D eigenvalue weighted by molar-refractivity contribution is 0.0221. The maximum atomic E-state index is 12.5. The van der Waals surface area contributed by atoms with Crippen LogP contribution in [0.1, 0.15) is 17.3 Å². The summed E-state index contributed by atoms with van der Waals surface area (Å²) in [5.74, 6) is -4.72. The van der Waals surface area contributed by atoms with Crippen molar-refractivity contribution < 1.29 is 13.6 Å². The largest absolute Gasteiger partial charge is 0.307 e. The number of hydrogen-bond acceptors (Lipinski definition) is 2. The van der Waals surface area contributed by atoms with E-state index in [4.69, 9.17) is 11.6 Å². The maximum absolute atomic E-state index is 12.5. The highest BCUT2D eigenvalue weighted by Crippen LogP contribution is 2.22. The van der Waals surface area contributed by atoms with Crippen LogP contribution in [0.15, 0.2) is 18.3 Å². The van der Waals surface area contributed by atoms with Crippen molar-refractivity contribution >= 4 is 17.4 Å². The number of carbonyl (C=O) groups is 1. The van der Waals surface area contributed by atoms with Crippen LogP contribution >= 0.6 is 11.6 Å². The minimum absolute atomic E-state index is 0.200. The van der Waals surface area contributed by atoms with Crippen LogP contribution in [0.2, 0.25) is 5.15 Å². The highest BCUT2D eigenvalue weighted by molar-refractivity contribution is 6.33. The van der Waals surface area contributed by atoms with Crippen LogP contribution in [0.25, 0.3) is 0 Å². The molecule has 1 aromatic heterocycles. The monoisotopic (exact) mass is 205 g/mol. The van der Waals surface area contributed by atoms with Gasteiger partial charge in [0, 0.05) is 13.1 Å². The zero-order valence-corrected chi connectivity index (χ0v) is 7.48. The van der Waals surface area contributed by atoms with Gasteiger partial charge in [-0.1, -0.05) is 11.6 Å². The second kappa shape index (κ2) is 3.38. The second-order valence-corrected chi connectivity index (χ2v) is 2.92. The first kappa shape index (κ1) is 10.1. The van der Waals surface area contributed by atoms with Crippen molar-refractivity contribution in [3.8, 4) is 0 Å². The Kier molecular flexibility index (Phi) is 2.61. The molecule has 0 N–H and O–H groups in total. The van der Waals surface area contributed by atoms with Crippen LogP contribution in [0, 0.1) is 0 Å². The van der Waals surface area contributed by atoms with E-state index in [9.17, 15) is 13.6 Å². The molecule has 0 spiro atoms. The molecule has 13 heavy (non-hydrogen) atoms. The van der Waals surface area contributed by atoms with Crippen molar-refractivity contribution in [2.75, 3.05) is 0 Å². The quantitative estimate of drug-likeness (QED) is 0.549. The third-order valence-electron chi connectivity index (χ3n) is 1.40. The molecule has 1 heterocycles. The topological polar surface area (TPSA) is 30.0 Å². The molecule has 0 unspecified atom stereocenters. The molecule has 0 saturated heterocycles. The van der Waals surface area contributed by atoms with Crippen LogP contribution in [0.3, 0.4) is 0 Å². The van der Waals surface area contributed by atoms with Gasteiger partial charge in [-0.05, 0) is 12.1 Å². The molecule has 5 heteroatoms. The summed E-state index contributed by atoms with van der Waals surface area (Å²) in [7, 11) is 0. The molecule has 0 aliphatic carbocycles. The number of rotatable bonds is 2. The van der Waals surface area contributed by atoms with E-state index in [0.717, 1.165) is 0 Å². The van der Waals surface area contributed by atoms with Crippen molar-refractivity contribution in [2.24, 2.45) is 0 Å². The highest BCUT2D eigenvalue weighted by atomic mass is 35.5. The van der Waals surface area contributed by atoms with E-state index in [0.29, 0.717) is 6.92 Å². The summed E-state index contributed by atoms with van der Waals surface area (Å²) in [6.07, 6.45) is 1.33. The van der Waals surface area contributed by atoms with Crippen LogP contribution in [-0.4, -0.2) is 16.7 Å². The average Bonchev–Trinajstić information content (AvgIpc) is 2.02. The third kappa shape index (κ3) is 2.21. The summed E-state index contributed by atoms with van der Waals surface area (Å²) in [6.45, 7) is 0.526. The van der Waals surface area contributed by atoms with Crippen molar-refractivity contribution in [3.05, 3.63) is 29.0 Å². The Bertz CT molecular complexity index is 335. The fraction of sp³-hybridized carbons (Fsp3) is 0.250. The van der Waals surface area contributed by atoms with Crippen molar-refractivity contribution in [2.45, 2.75) is 12.8 Å². The summed E-state index contributed by atoms with van der Waals surface area (Å²) in [6, 6.07) is 2.60. The van der Waals surface area contributed by atoms with Gasteiger partial charge in [0.1, 0.15) is 5.15 Å². The number of hydrogen-bond donors (Lipinski definition) is 0. The van der Waals surface area contributed by atoms with Crippen molar-refractivity contribution in [1.29, 1.82) is 0 Å². The molecule has 0 saturated carbocycles. The number of nitrogens with zero attached hydrogens (tertiary/aromatic N) is 1. The van der Waals surface area contributed by atoms with E-state index in [1.54, 1.807) is 0 Å². The van der Waals surface area contributed by atoms with E-state index >= 15 is 0 Å². The van der Waals surface area contributed by atoms with Gasteiger partial charge in [-0.25, -0.2) is 4.98 Å². The summed E-state index contributed by atoms with van der Waals surface area (Å²) in [5.41, 5.74) is -0.253. The van der Waals surface area contributed by atoms with Gasteiger partial charge in [0.05, 0.1) is 5.56 Å². The van der Waals surface area contributed by atoms with Gasteiger partial charge in [0.25, 0.3) is 0 Å². The molecule has 0 fully saturated rings. The molecule has 0 amide bonds. The Morgan fingerprint density at radius 1 is 1.62 bits per heavy atom. The molecule has 2 nitrogen and oxygen atoms in total. The second-order valence-electron chi connectivity index (χ2n) is 2.56. The summed E-state index contributed by atoms with van der Waals surface area (Å²) < 4.78 is 25.1. The SMILES string of the molecule is CC(F)(F)C(=O)c1cccnc1Cl. The Morgan fingerprint density at radius 3 is 2.69 bits per heavy atom. The zero-order chi connectivity index (χ0) is 10.1. The molecule has 0 atom stereocenters. The molecule has 0 aliphatic rings. The third-order valence-corrected chi connectivity index (χ3v) is 1.70. The van der Waals surface area contributed by atoms with Gasteiger partial charge in [0.15, 0.2) is 0 Å². The van der Waals surface area contributed by atoms with Crippen LogP contribution < -0.4 is 0 Å². The van der Waals surface area contributed by atoms with Gasteiger partial charge in [-0.15, -0.1) is 0 Å². The number of Topliss-reactive ketones (excluding diaryl/α,β-unsaturated/α-hetero) is 1. The average molecular weight is 206 g/mol. The molecule has 1 rings (SSSR count). The fourth-order valence-corrected chi connectivity index (χ4v) is 0.997. The molecular weight excluding hydrogens is 200 g/mol. The molecule has 0 bridgehead atoms. The Hall–Kier alpha value is -1.03. The van der Waals surface area contributed by atoms with Crippen LogP contribution in [0.4, 0.5) is 8.78 Å². The van der Waals surface area contributed by atoms with E-state index in [1.165, 1.54) is 18.3 Å². The molecule has 1 aromatic rings. The molecule has 0 aromatic carbocycles. The van der Waals surface area contributed by atoms with E-state index in [-0.39, 0.29) is 10.7 Å². The van der Waals surface area contributed by atoms with Crippen LogP contribution in [-0.2, 0) is 0 Å². The van der Waals surface area contributed by atoms with Gasteiger partial charge < -0.3 is 0 Å². The van der Waals surface area contributed by atoms with Crippen molar-refractivity contribution in [1.82, 2.24) is 4.98 Å². The normalized spacial score (nSPS) is 11.4. The highest BCUT2D eigenvalue weighted by Gasteiger charge is 2.34. The minimum atomic E-state index is -3.41. The number of carbonyl (C=O) groups excluding carboxylic acids is 1. The summed E-state index contributed by atoms with van der Waals surface area (Å²) in [4.78, 5) is 14.5.